The van der Waals surface area contributed by atoms with E-state index in [1.165, 1.54) is 17.4 Å². The Morgan fingerprint density at radius 1 is 1.50 bits per heavy atom. The predicted molar refractivity (Wildman–Crippen MR) is 65.0 cm³/mol. The molecule has 1 unspecified atom stereocenters. The van der Waals surface area contributed by atoms with Crippen molar-refractivity contribution in [3.8, 4) is 0 Å². The molecule has 5 heteroatoms. The molecule has 0 saturated heterocycles. The molecule has 1 heterocycles. The molecule has 16 heavy (non-hydrogen) atoms. The standard InChI is InChI=1S/C11H9BrFNOS/c1-6-11(16-5-14-6)10(15)8-4-7(12)2-3-9(8)13/h2-5,10,15H,1H3. The van der Waals surface area contributed by atoms with Crippen molar-refractivity contribution in [2.75, 3.05) is 0 Å². The summed E-state index contributed by atoms with van der Waals surface area (Å²) in [6.45, 7) is 1.80. The Bertz CT molecular complexity index is 514. The molecule has 1 aromatic carbocycles. The Balaban J connectivity index is 2.45. The molecule has 1 N–H and O–H groups in total. The molecular weight excluding hydrogens is 293 g/mol. The van der Waals surface area contributed by atoms with E-state index in [-0.39, 0.29) is 5.56 Å². The predicted octanol–water partition coefficient (Wildman–Crippen LogP) is 3.43. The molecule has 0 aliphatic rings. The van der Waals surface area contributed by atoms with Gasteiger partial charge in [-0.05, 0) is 25.1 Å². The summed E-state index contributed by atoms with van der Waals surface area (Å²) in [5.74, 6) is -0.413. The van der Waals surface area contributed by atoms with Crippen molar-refractivity contribution in [1.29, 1.82) is 0 Å². The van der Waals surface area contributed by atoms with Crippen LogP contribution in [0.5, 0.6) is 0 Å². The van der Waals surface area contributed by atoms with Gasteiger partial charge in [-0.2, -0.15) is 0 Å². The van der Waals surface area contributed by atoms with Crippen LogP contribution in [0.2, 0.25) is 0 Å². The number of thiazole rings is 1. The van der Waals surface area contributed by atoms with Crippen LogP contribution in [-0.4, -0.2) is 10.1 Å². The van der Waals surface area contributed by atoms with E-state index < -0.39 is 11.9 Å². The molecule has 2 nitrogen and oxygen atoms in total. The van der Waals surface area contributed by atoms with Crippen molar-refractivity contribution in [3.63, 3.8) is 0 Å². The van der Waals surface area contributed by atoms with Gasteiger partial charge < -0.3 is 5.11 Å². The van der Waals surface area contributed by atoms with Crippen molar-refractivity contribution < 1.29 is 9.50 Å². The molecule has 1 atom stereocenters. The minimum Gasteiger partial charge on any atom is -0.383 e. The van der Waals surface area contributed by atoms with Gasteiger partial charge in [0.2, 0.25) is 0 Å². The van der Waals surface area contributed by atoms with Crippen LogP contribution in [0.1, 0.15) is 22.2 Å². The summed E-state index contributed by atoms with van der Waals surface area (Å²) in [7, 11) is 0. The van der Waals surface area contributed by atoms with Gasteiger partial charge in [-0.15, -0.1) is 11.3 Å². The smallest absolute Gasteiger partial charge is 0.129 e. The first-order valence-electron chi connectivity index (χ1n) is 4.62. The first-order chi connectivity index (χ1) is 7.59. The minimum atomic E-state index is -0.954. The van der Waals surface area contributed by atoms with Gasteiger partial charge in [0.15, 0.2) is 0 Å². The van der Waals surface area contributed by atoms with Crippen LogP contribution in [0.3, 0.4) is 0 Å². The third kappa shape index (κ3) is 2.16. The van der Waals surface area contributed by atoms with Gasteiger partial charge in [-0.25, -0.2) is 9.37 Å². The summed E-state index contributed by atoms with van der Waals surface area (Å²) >= 11 is 4.58. The van der Waals surface area contributed by atoms with Crippen LogP contribution in [0.4, 0.5) is 4.39 Å². The van der Waals surface area contributed by atoms with Gasteiger partial charge in [-0.1, -0.05) is 15.9 Å². The monoisotopic (exact) mass is 301 g/mol. The topological polar surface area (TPSA) is 33.1 Å². The normalized spacial score (nSPS) is 12.8. The molecule has 0 fully saturated rings. The van der Waals surface area contributed by atoms with Crippen molar-refractivity contribution in [3.05, 3.63) is 50.1 Å². The molecule has 0 bridgehead atoms. The van der Waals surface area contributed by atoms with E-state index in [2.05, 4.69) is 20.9 Å². The second-order valence-electron chi connectivity index (χ2n) is 3.37. The zero-order valence-corrected chi connectivity index (χ0v) is 10.8. The number of aryl methyl sites for hydroxylation is 1. The van der Waals surface area contributed by atoms with Gasteiger partial charge in [0.25, 0.3) is 0 Å². The lowest BCUT2D eigenvalue weighted by Gasteiger charge is -2.11. The highest BCUT2D eigenvalue weighted by molar-refractivity contribution is 9.10. The van der Waals surface area contributed by atoms with Crippen LogP contribution >= 0.6 is 27.3 Å². The maximum atomic E-state index is 13.5. The average Bonchev–Trinajstić information content (AvgIpc) is 2.67. The SMILES string of the molecule is Cc1ncsc1C(O)c1cc(Br)ccc1F. The second-order valence-corrected chi connectivity index (χ2v) is 5.17. The number of benzene rings is 1. The van der Waals surface area contributed by atoms with Gasteiger partial charge in [0.05, 0.1) is 16.1 Å². The van der Waals surface area contributed by atoms with Crippen molar-refractivity contribution in [2.24, 2.45) is 0 Å². The molecule has 0 aliphatic carbocycles. The molecular formula is C11H9BrFNOS. The summed E-state index contributed by atoms with van der Waals surface area (Å²) in [6, 6.07) is 4.52. The molecule has 2 aromatic rings. The van der Waals surface area contributed by atoms with Crippen molar-refractivity contribution in [2.45, 2.75) is 13.0 Å². The number of rotatable bonds is 2. The fourth-order valence-electron chi connectivity index (χ4n) is 1.44. The highest BCUT2D eigenvalue weighted by Gasteiger charge is 2.18. The fourth-order valence-corrected chi connectivity index (χ4v) is 2.62. The highest BCUT2D eigenvalue weighted by atomic mass is 79.9. The quantitative estimate of drug-likeness (QED) is 0.922. The number of nitrogens with zero attached hydrogens (tertiary/aromatic N) is 1. The van der Waals surface area contributed by atoms with E-state index in [4.69, 9.17) is 0 Å². The fraction of sp³-hybridized carbons (Fsp3) is 0.182. The van der Waals surface area contributed by atoms with Crippen LogP contribution in [0.15, 0.2) is 28.2 Å². The Hall–Kier alpha value is -0.780. The van der Waals surface area contributed by atoms with Gasteiger partial charge >= 0.3 is 0 Å². The van der Waals surface area contributed by atoms with E-state index in [0.717, 1.165) is 10.2 Å². The van der Waals surface area contributed by atoms with Crippen molar-refractivity contribution in [1.82, 2.24) is 4.98 Å². The molecule has 0 saturated carbocycles. The summed E-state index contributed by atoms with van der Waals surface area (Å²) < 4.78 is 14.3. The number of halogens is 2. The molecule has 1 aromatic heterocycles. The lowest BCUT2D eigenvalue weighted by atomic mass is 10.1. The van der Waals surface area contributed by atoms with E-state index in [1.807, 2.05) is 0 Å². The van der Waals surface area contributed by atoms with Gasteiger partial charge in [-0.3, -0.25) is 0 Å². The Morgan fingerprint density at radius 2 is 2.25 bits per heavy atom. The first-order valence-corrected chi connectivity index (χ1v) is 6.30. The molecule has 0 radical (unpaired) electrons. The van der Waals surface area contributed by atoms with E-state index in [0.29, 0.717) is 4.88 Å². The summed E-state index contributed by atoms with van der Waals surface area (Å²) in [6.07, 6.45) is -0.954. The molecule has 0 aliphatic heterocycles. The Labute approximate surface area is 105 Å². The van der Waals surface area contributed by atoms with Crippen LogP contribution in [0.25, 0.3) is 0 Å². The van der Waals surface area contributed by atoms with Crippen molar-refractivity contribution >= 4 is 27.3 Å². The summed E-state index contributed by atoms with van der Waals surface area (Å²) in [5.41, 5.74) is 2.64. The zero-order valence-electron chi connectivity index (χ0n) is 8.45. The van der Waals surface area contributed by atoms with Crippen LogP contribution in [-0.2, 0) is 0 Å². The van der Waals surface area contributed by atoms with Crippen LogP contribution in [0, 0.1) is 12.7 Å². The summed E-state index contributed by atoms with van der Waals surface area (Å²) in [4.78, 5) is 4.72. The van der Waals surface area contributed by atoms with E-state index in [9.17, 15) is 9.50 Å². The molecule has 84 valence electrons. The Kier molecular flexibility index (Phi) is 3.37. The number of aliphatic hydroxyl groups is 1. The number of hydrogen-bond acceptors (Lipinski definition) is 3. The van der Waals surface area contributed by atoms with Gasteiger partial charge in [0.1, 0.15) is 11.9 Å². The molecule has 0 amide bonds. The third-order valence-corrected chi connectivity index (χ3v) is 3.76. The van der Waals surface area contributed by atoms with E-state index in [1.54, 1.807) is 24.6 Å². The third-order valence-electron chi connectivity index (χ3n) is 2.28. The number of aromatic nitrogens is 1. The maximum absolute atomic E-state index is 13.5. The minimum absolute atomic E-state index is 0.265. The number of aliphatic hydroxyl groups excluding tert-OH is 1. The lowest BCUT2D eigenvalue weighted by molar-refractivity contribution is 0.217. The average molecular weight is 302 g/mol. The molecule has 0 spiro atoms. The Morgan fingerprint density at radius 3 is 2.88 bits per heavy atom. The number of hydrogen-bond donors (Lipinski definition) is 1. The van der Waals surface area contributed by atoms with Crippen LogP contribution < -0.4 is 0 Å². The zero-order chi connectivity index (χ0) is 11.7. The largest absolute Gasteiger partial charge is 0.383 e. The maximum Gasteiger partial charge on any atom is 0.129 e. The highest BCUT2D eigenvalue weighted by Crippen LogP contribution is 2.30. The van der Waals surface area contributed by atoms with E-state index >= 15 is 0 Å². The first kappa shape index (κ1) is 11.7. The van der Waals surface area contributed by atoms with Gasteiger partial charge in [0, 0.05) is 10.0 Å². The second kappa shape index (κ2) is 4.61. The lowest BCUT2D eigenvalue weighted by Crippen LogP contribution is -2.02. The summed E-state index contributed by atoms with van der Waals surface area (Å²) in [5, 5.41) is 10.1. The molecule has 2 rings (SSSR count).